The lowest BCUT2D eigenvalue weighted by Crippen LogP contribution is -2.62. The van der Waals surface area contributed by atoms with Crippen molar-refractivity contribution in [3.05, 3.63) is 59.1 Å². The summed E-state index contributed by atoms with van der Waals surface area (Å²) in [6.07, 6.45) is -0.269. The van der Waals surface area contributed by atoms with Crippen molar-refractivity contribution in [2.45, 2.75) is 51.0 Å². The van der Waals surface area contributed by atoms with Crippen LogP contribution in [-0.2, 0) is 35.3 Å². The highest BCUT2D eigenvalue weighted by Crippen LogP contribution is 2.35. The summed E-state index contributed by atoms with van der Waals surface area (Å²) in [6, 6.07) is 11.2. The van der Waals surface area contributed by atoms with E-state index in [4.69, 9.17) is 26.8 Å². The fourth-order valence-corrected chi connectivity index (χ4v) is 3.57. The summed E-state index contributed by atoms with van der Waals surface area (Å²) < 4.78 is 10.8. The molecule has 2 aromatic carbocycles. The van der Waals surface area contributed by atoms with Crippen LogP contribution in [0.1, 0.15) is 32.3 Å². The third kappa shape index (κ3) is 6.98. The first-order valence-electron chi connectivity index (χ1n) is 11.4. The van der Waals surface area contributed by atoms with E-state index in [9.17, 15) is 24.0 Å². The maximum Gasteiger partial charge on any atom is 0.306 e. The average Bonchev–Trinajstić information content (AvgIpc) is 2.86. The second-order valence-corrected chi connectivity index (χ2v) is 9.01. The number of benzene rings is 2. The van der Waals surface area contributed by atoms with Crippen molar-refractivity contribution in [2.24, 2.45) is 5.73 Å². The highest BCUT2D eigenvalue weighted by molar-refractivity contribution is 6.31. The van der Waals surface area contributed by atoms with Gasteiger partial charge in [-0.25, -0.2) is 0 Å². The molecular weight excluding hydrogens is 504 g/mol. The monoisotopic (exact) mass is 530 g/mol. The normalized spacial score (nSPS) is 17.8. The maximum absolute atomic E-state index is 12.9. The molecule has 5 N–H and O–H groups in total. The van der Waals surface area contributed by atoms with Gasteiger partial charge in [0.1, 0.15) is 24.4 Å². The van der Waals surface area contributed by atoms with E-state index in [1.165, 1.54) is 32.0 Å². The maximum atomic E-state index is 12.9. The highest BCUT2D eigenvalue weighted by atomic mass is 35.5. The summed E-state index contributed by atoms with van der Waals surface area (Å²) in [5, 5.41) is 7.74. The lowest BCUT2D eigenvalue weighted by Gasteiger charge is -2.34. The van der Waals surface area contributed by atoms with Crippen LogP contribution in [-0.4, -0.2) is 47.3 Å². The predicted octanol–water partition coefficient (Wildman–Crippen LogP) is 1.43. The number of hydrogen-bond donors (Lipinski definition) is 4. The molecule has 0 saturated heterocycles. The molecule has 1 aliphatic rings. The van der Waals surface area contributed by atoms with Gasteiger partial charge in [0.2, 0.25) is 11.8 Å². The second-order valence-electron chi connectivity index (χ2n) is 8.57. The van der Waals surface area contributed by atoms with E-state index in [-0.39, 0.29) is 25.2 Å². The number of fused-ring (bicyclic) bond motifs is 1. The van der Waals surface area contributed by atoms with Crippen LogP contribution in [0.5, 0.6) is 5.75 Å². The zero-order valence-corrected chi connectivity index (χ0v) is 21.0. The number of esters is 1. The van der Waals surface area contributed by atoms with Gasteiger partial charge in [-0.1, -0.05) is 41.9 Å². The van der Waals surface area contributed by atoms with E-state index in [0.717, 1.165) is 5.56 Å². The standard InChI is InChI=1S/C25H27ClN4O7/c1-14(28-23(34)25(2)24(35)30-18-12-16(26)8-10-19(18)37-25)22(33)29-17(21(27)32)9-11-20(31)36-13-15-6-4-3-5-7-15/h3-8,10,12,14,17H,9,11,13H2,1-2H3,(H2,27,32)(H,28,34)(H,29,33)(H,30,35)/t14-,17+,25?/m0/s1. The molecule has 4 amide bonds. The minimum atomic E-state index is -1.97. The molecule has 12 heteroatoms. The summed E-state index contributed by atoms with van der Waals surface area (Å²) in [4.78, 5) is 62.0. The average molecular weight is 531 g/mol. The number of rotatable bonds is 10. The van der Waals surface area contributed by atoms with Gasteiger partial charge in [0.25, 0.3) is 17.4 Å². The number of ether oxygens (including phenoxy) is 2. The summed E-state index contributed by atoms with van der Waals surface area (Å²) >= 11 is 5.92. The zero-order chi connectivity index (χ0) is 27.2. The number of halogens is 1. The summed E-state index contributed by atoms with van der Waals surface area (Å²) in [5.74, 6) is -3.58. The van der Waals surface area contributed by atoms with Crippen molar-refractivity contribution < 1.29 is 33.4 Å². The van der Waals surface area contributed by atoms with Gasteiger partial charge >= 0.3 is 5.97 Å². The molecule has 0 aliphatic carbocycles. The lowest BCUT2D eigenvalue weighted by atomic mass is 10.0. The molecule has 0 bridgehead atoms. The summed E-state index contributed by atoms with van der Waals surface area (Å²) in [5.41, 5.74) is 4.51. The van der Waals surface area contributed by atoms with Gasteiger partial charge in [-0.05, 0) is 44.0 Å². The van der Waals surface area contributed by atoms with Crippen molar-refractivity contribution in [2.75, 3.05) is 5.32 Å². The number of primary amides is 1. The Morgan fingerprint density at radius 1 is 1.14 bits per heavy atom. The molecule has 1 aliphatic heterocycles. The first-order chi connectivity index (χ1) is 17.5. The molecule has 3 atom stereocenters. The van der Waals surface area contributed by atoms with Crippen LogP contribution in [0, 0.1) is 0 Å². The molecule has 2 aromatic rings. The van der Waals surface area contributed by atoms with Crippen LogP contribution in [0.4, 0.5) is 5.69 Å². The van der Waals surface area contributed by atoms with Crippen LogP contribution in [0.25, 0.3) is 0 Å². The molecule has 37 heavy (non-hydrogen) atoms. The second kappa shape index (κ2) is 11.7. The SMILES string of the molecule is C[C@H](NC(=O)C1(C)Oc2ccc(Cl)cc2NC1=O)C(=O)N[C@H](CCC(=O)OCc1ccccc1)C(N)=O. The molecule has 196 valence electrons. The van der Waals surface area contributed by atoms with Crippen LogP contribution < -0.4 is 26.4 Å². The largest absolute Gasteiger partial charge is 0.466 e. The van der Waals surface area contributed by atoms with Gasteiger partial charge < -0.3 is 31.2 Å². The fourth-order valence-electron chi connectivity index (χ4n) is 3.40. The molecular formula is C25H27ClN4O7. The Hall–Kier alpha value is -4.12. The van der Waals surface area contributed by atoms with Crippen molar-refractivity contribution in [1.82, 2.24) is 10.6 Å². The van der Waals surface area contributed by atoms with E-state index >= 15 is 0 Å². The Morgan fingerprint density at radius 2 is 1.84 bits per heavy atom. The van der Waals surface area contributed by atoms with Crippen LogP contribution in [0.15, 0.2) is 48.5 Å². The molecule has 0 aromatic heterocycles. The molecule has 1 heterocycles. The predicted molar refractivity (Wildman–Crippen MR) is 133 cm³/mol. The van der Waals surface area contributed by atoms with Crippen molar-refractivity contribution in [3.8, 4) is 5.75 Å². The third-order valence-electron chi connectivity index (χ3n) is 5.65. The van der Waals surface area contributed by atoms with Gasteiger partial charge in [0.15, 0.2) is 0 Å². The van der Waals surface area contributed by atoms with Crippen molar-refractivity contribution in [3.63, 3.8) is 0 Å². The van der Waals surface area contributed by atoms with Crippen molar-refractivity contribution in [1.29, 1.82) is 0 Å². The van der Waals surface area contributed by atoms with Gasteiger partial charge in [-0.15, -0.1) is 0 Å². The smallest absolute Gasteiger partial charge is 0.306 e. The minimum Gasteiger partial charge on any atom is -0.466 e. The minimum absolute atomic E-state index is 0.0717. The van der Waals surface area contributed by atoms with Gasteiger partial charge in [0.05, 0.1) is 5.69 Å². The number of nitrogens with one attached hydrogen (secondary N) is 3. The number of carbonyl (C=O) groups is 5. The number of carbonyl (C=O) groups excluding carboxylic acids is 5. The first kappa shape index (κ1) is 27.5. The molecule has 0 spiro atoms. The molecule has 0 saturated carbocycles. The van der Waals surface area contributed by atoms with E-state index in [0.29, 0.717) is 10.7 Å². The Bertz CT molecular complexity index is 1210. The first-order valence-corrected chi connectivity index (χ1v) is 11.8. The Kier molecular flexibility index (Phi) is 8.72. The lowest BCUT2D eigenvalue weighted by molar-refractivity contribution is -0.148. The van der Waals surface area contributed by atoms with E-state index in [1.807, 2.05) is 18.2 Å². The van der Waals surface area contributed by atoms with Crippen LogP contribution >= 0.6 is 11.6 Å². The Morgan fingerprint density at radius 3 is 2.51 bits per heavy atom. The number of amides is 4. The number of hydrogen-bond acceptors (Lipinski definition) is 7. The van der Waals surface area contributed by atoms with Gasteiger partial charge in [0, 0.05) is 11.4 Å². The van der Waals surface area contributed by atoms with E-state index in [2.05, 4.69) is 16.0 Å². The zero-order valence-electron chi connectivity index (χ0n) is 20.2. The molecule has 1 unspecified atom stereocenters. The van der Waals surface area contributed by atoms with Gasteiger partial charge in [-0.3, -0.25) is 24.0 Å². The Labute approximate surface area is 218 Å². The van der Waals surface area contributed by atoms with Crippen LogP contribution in [0.2, 0.25) is 5.02 Å². The van der Waals surface area contributed by atoms with Crippen molar-refractivity contribution >= 4 is 46.9 Å². The topological polar surface area (TPSA) is 166 Å². The third-order valence-corrected chi connectivity index (χ3v) is 5.89. The molecule has 11 nitrogen and oxygen atoms in total. The van der Waals surface area contributed by atoms with E-state index in [1.54, 1.807) is 12.1 Å². The summed E-state index contributed by atoms with van der Waals surface area (Å²) in [6.45, 7) is 2.69. The quantitative estimate of drug-likeness (QED) is 0.266. The van der Waals surface area contributed by atoms with Gasteiger partial charge in [-0.2, -0.15) is 0 Å². The number of nitrogens with two attached hydrogens (primary N) is 1. The highest BCUT2D eigenvalue weighted by Gasteiger charge is 2.48. The van der Waals surface area contributed by atoms with Crippen LogP contribution in [0.3, 0.4) is 0 Å². The fraction of sp³-hybridized carbons (Fsp3) is 0.320. The van der Waals surface area contributed by atoms with E-state index < -0.39 is 47.3 Å². The molecule has 0 fully saturated rings. The molecule has 0 radical (unpaired) electrons. The number of anilines is 1. The summed E-state index contributed by atoms with van der Waals surface area (Å²) in [7, 11) is 0. The Balaban J connectivity index is 1.53. The molecule has 3 rings (SSSR count).